The zero-order valence-corrected chi connectivity index (χ0v) is 18.1. The summed E-state index contributed by atoms with van der Waals surface area (Å²) in [5, 5.41) is 12.0. The van der Waals surface area contributed by atoms with Gasteiger partial charge in [0.15, 0.2) is 5.69 Å². The van der Waals surface area contributed by atoms with Gasteiger partial charge in [0.2, 0.25) is 5.91 Å². The van der Waals surface area contributed by atoms with E-state index in [1.807, 2.05) is 61.2 Å². The molecule has 0 bridgehead atoms. The molecule has 1 N–H and O–H groups in total. The molecule has 0 radical (unpaired) electrons. The van der Waals surface area contributed by atoms with Gasteiger partial charge in [-0.2, -0.15) is 9.90 Å². The van der Waals surface area contributed by atoms with E-state index in [9.17, 15) is 9.59 Å². The summed E-state index contributed by atoms with van der Waals surface area (Å²) in [6.45, 7) is 6.98. The second-order valence-electron chi connectivity index (χ2n) is 8.09. The van der Waals surface area contributed by atoms with Crippen molar-refractivity contribution in [2.45, 2.75) is 39.7 Å². The SMILES string of the molecule is Cc1ccc(-n2nc(C)c(C(=O)NC(CN3CCCC3=O)c3ccccc3)n2)c(C)c1. The van der Waals surface area contributed by atoms with Crippen molar-refractivity contribution >= 4 is 11.8 Å². The minimum absolute atomic E-state index is 0.132. The third kappa shape index (κ3) is 4.50. The number of carbonyl (C=O) groups is 2. The van der Waals surface area contributed by atoms with Crippen LogP contribution >= 0.6 is 0 Å². The Morgan fingerprint density at radius 2 is 1.87 bits per heavy atom. The van der Waals surface area contributed by atoms with Crippen molar-refractivity contribution in [2.24, 2.45) is 0 Å². The molecule has 1 aliphatic heterocycles. The van der Waals surface area contributed by atoms with E-state index in [4.69, 9.17) is 0 Å². The molecule has 7 heteroatoms. The van der Waals surface area contributed by atoms with Crippen molar-refractivity contribution in [3.05, 3.63) is 76.6 Å². The van der Waals surface area contributed by atoms with Gasteiger partial charge in [0.1, 0.15) is 0 Å². The van der Waals surface area contributed by atoms with Crippen LogP contribution in [0.15, 0.2) is 48.5 Å². The lowest BCUT2D eigenvalue weighted by Gasteiger charge is -2.25. The van der Waals surface area contributed by atoms with Gasteiger partial charge in [-0.25, -0.2) is 0 Å². The van der Waals surface area contributed by atoms with Crippen LogP contribution in [0.25, 0.3) is 5.69 Å². The number of benzene rings is 2. The molecule has 1 aromatic heterocycles. The maximum absolute atomic E-state index is 13.2. The quantitative estimate of drug-likeness (QED) is 0.667. The molecule has 2 amide bonds. The summed E-state index contributed by atoms with van der Waals surface area (Å²) in [7, 11) is 0. The highest BCUT2D eigenvalue weighted by atomic mass is 16.2. The molecule has 2 aromatic carbocycles. The molecule has 4 rings (SSSR count). The largest absolute Gasteiger partial charge is 0.342 e. The normalized spacial score (nSPS) is 14.7. The molecule has 0 spiro atoms. The average Bonchev–Trinajstić information content (AvgIpc) is 3.33. The minimum Gasteiger partial charge on any atom is -0.342 e. The Kier molecular flexibility index (Phi) is 5.84. The van der Waals surface area contributed by atoms with E-state index < -0.39 is 0 Å². The zero-order chi connectivity index (χ0) is 22.0. The van der Waals surface area contributed by atoms with Crippen molar-refractivity contribution < 1.29 is 9.59 Å². The summed E-state index contributed by atoms with van der Waals surface area (Å²) in [5.41, 5.74) is 4.84. The van der Waals surface area contributed by atoms with Crippen molar-refractivity contribution in [1.29, 1.82) is 0 Å². The Morgan fingerprint density at radius 3 is 2.55 bits per heavy atom. The van der Waals surface area contributed by atoms with Crippen molar-refractivity contribution in [1.82, 2.24) is 25.2 Å². The van der Waals surface area contributed by atoms with Gasteiger partial charge >= 0.3 is 0 Å². The van der Waals surface area contributed by atoms with Crippen molar-refractivity contribution in [3.8, 4) is 5.69 Å². The van der Waals surface area contributed by atoms with Gasteiger partial charge in [-0.05, 0) is 44.4 Å². The fourth-order valence-corrected chi connectivity index (χ4v) is 3.99. The van der Waals surface area contributed by atoms with Crippen LogP contribution in [0.1, 0.15) is 51.8 Å². The molecular weight excluding hydrogens is 390 g/mol. The summed E-state index contributed by atoms with van der Waals surface area (Å²) in [6.07, 6.45) is 1.43. The van der Waals surface area contributed by atoms with Gasteiger partial charge in [-0.1, -0.05) is 48.0 Å². The third-order valence-corrected chi connectivity index (χ3v) is 5.65. The van der Waals surface area contributed by atoms with Crippen LogP contribution in [0, 0.1) is 20.8 Å². The van der Waals surface area contributed by atoms with Gasteiger partial charge < -0.3 is 10.2 Å². The summed E-state index contributed by atoms with van der Waals surface area (Å²) < 4.78 is 0. The highest BCUT2D eigenvalue weighted by Crippen LogP contribution is 2.20. The van der Waals surface area contributed by atoms with Crippen LogP contribution in [0.4, 0.5) is 0 Å². The first-order valence-corrected chi connectivity index (χ1v) is 10.6. The standard InChI is InChI=1S/C24H27N5O2/c1-16-11-12-21(17(2)14-16)29-26-18(3)23(27-29)24(31)25-20(19-8-5-4-6-9-19)15-28-13-7-10-22(28)30/h4-6,8-9,11-12,14,20H,7,10,13,15H2,1-3H3,(H,25,31). The van der Waals surface area contributed by atoms with Crippen molar-refractivity contribution in [3.63, 3.8) is 0 Å². The molecule has 1 saturated heterocycles. The molecule has 0 aliphatic carbocycles. The van der Waals surface area contributed by atoms with Crippen LogP contribution < -0.4 is 5.32 Å². The van der Waals surface area contributed by atoms with E-state index >= 15 is 0 Å². The first kappa shape index (κ1) is 20.8. The smallest absolute Gasteiger partial charge is 0.274 e. The van der Waals surface area contributed by atoms with E-state index in [0.29, 0.717) is 18.7 Å². The first-order valence-electron chi connectivity index (χ1n) is 10.6. The number of aryl methyl sites for hydroxylation is 3. The van der Waals surface area contributed by atoms with Crippen LogP contribution in [0.3, 0.4) is 0 Å². The second-order valence-corrected chi connectivity index (χ2v) is 8.09. The van der Waals surface area contributed by atoms with Gasteiger partial charge in [0.25, 0.3) is 5.91 Å². The van der Waals surface area contributed by atoms with Gasteiger partial charge in [-0.15, -0.1) is 5.10 Å². The van der Waals surface area contributed by atoms with E-state index in [2.05, 4.69) is 21.6 Å². The lowest BCUT2D eigenvalue weighted by molar-refractivity contribution is -0.128. The fraction of sp³-hybridized carbons (Fsp3) is 0.333. The maximum Gasteiger partial charge on any atom is 0.274 e. The third-order valence-electron chi connectivity index (χ3n) is 5.65. The highest BCUT2D eigenvalue weighted by Gasteiger charge is 2.27. The number of likely N-dealkylation sites (tertiary alicyclic amines) is 1. The molecular formula is C24H27N5O2. The predicted molar refractivity (Wildman–Crippen MR) is 118 cm³/mol. The minimum atomic E-state index is -0.318. The number of hydrogen-bond acceptors (Lipinski definition) is 4. The summed E-state index contributed by atoms with van der Waals surface area (Å²) in [4.78, 5) is 28.6. The fourth-order valence-electron chi connectivity index (χ4n) is 3.99. The number of rotatable bonds is 6. The summed E-state index contributed by atoms with van der Waals surface area (Å²) in [6, 6.07) is 15.4. The average molecular weight is 418 g/mol. The van der Waals surface area contributed by atoms with E-state index in [-0.39, 0.29) is 23.6 Å². The maximum atomic E-state index is 13.2. The van der Waals surface area contributed by atoms with E-state index in [1.54, 1.807) is 6.92 Å². The van der Waals surface area contributed by atoms with Crippen LogP contribution in [-0.4, -0.2) is 44.8 Å². The Hall–Kier alpha value is -3.48. The number of aromatic nitrogens is 3. The lowest BCUT2D eigenvalue weighted by atomic mass is 10.1. The number of nitrogens with one attached hydrogen (secondary N) is 1. The Bertz CT molecular complexity index is 1110. The molecule has 0 saturated carbocycles. The van der Waals surface area contributed by atoms with E-state index in [0.717, 1.165) is 35.3 Å². The molecule has 31 heavy (non-hydrogen) atoms. The molecule has 1 aliphatic rings. The number of amides is 2. The number of carbonyl (C=O) groups excluding carboxylic acids is 2. The lowest BCUT2D eigenvalue weighted by Crippen LogP contribution is -2.39. The van der Waals surface area contributed by atoms with Crippen molar-refractivity contribution in [2.75, 3.05) is 13.1 Å². The molecule has 1 fully saturated rings. The molecule has 3 aromatic rings. The van der Waals surface area contributed by atoms with E-state index in [1.165, 1.54) is 4.80 Å². The number of hydrogen-bond donors (Lipinski definition) is 1. The number of nitrogens with zero attached hydrogens (tertiary/aromatic N) is 4. The molecule has 2 heterocycles. The molecule has 7 nitrogen and oxygen atoms in total. The predicted octanol–water partition coefficient (Wildman–Crippen LogP) is 3.29. The van der Waals surface area contributed by atoms with Gasteiger partial charge in [0, 0.05) is 19.5 Å². The Morgan fingerprint density at radius 1 is 1.10 bits per heavy atom. The first-order chi connectivity index (χ1) is 14.9. The van der Waals surface area contributed by atoms with Crippen LogP contribution in [0.5, 0.6) is 0 Å². The summed E-state index contributed by atoms with van der Waals surface area (Å²) in [5.74, 6) is -0.166. The Balaban J connectivity index is 1.58. The molecule has 160 valence electrons. The van der Waals surface area contributed by atoms with Crippen LogP contribution in [-0.2, 0) is 4.79 Å². The molecule has 1 unspecified atom stereocenters. The topological polar surface area (TPSA) is 80.1 Å². The zero-order valence-electron chi connectivity index (χ0n) is 18.1. The molecule has 1 atom stereocenters. The van der Waals surface area contributed by atoms with Gasteiger partial charge in [-0.3, -0.25) is 9.59 Å². The van der Waals surface area contributed by atoms with Gasteiger partial charge in [0.05, 0.1) is 17.4 Å². The second kappa shape index (κ2) is 8.71. The highest BCUT2D eigenvalue weighted by molar-refractivity contribution is 5.93. The van der Waals surface area contributed by atoms with Crippen LogP contribution in [0.2, 0.25) is 0 Å². The Labute approximate surface area is 182 Å². The monoisotopic (exact) mass is 417 g/mol. The summed E-state index contributed by atoms with van der Waals surface area (Å²) >= 11 is 0.